The maximum absolute atomic E-state index is 11.2. The number of hydrogen-bond donors (Lipinski definition) is 1. The van der Waals surface area contributed by atoms with Crippen molar-refractivity contribution in [3.63, 3.8) is 0 Å². The van der Waals surface area contributed by atoms with Crippen LogP contribution >= 0.6 is 0 Å². The van der Waals surface area contributed by atoms with Crippen LogP contribution in [0.5, 0.6) is 17.2 Å². The van der Waals surface area contributed by atoms with Gasteiger partial charge in [-0.3, -0.25) is 4.79 Å². The predicted octanol–water partition coefficient (Wildman–Crippen LogP) is 4.81. The molecule has 1 unspecified atom stereocenters. The van der Waals surface area contributed by atoms with Crippen LogP contribution in [0.1, 0.15) is 22.6 Å². The molecule has 1 heterocycles. The minimum atomic E-state index is -0.788. The van der Waals surface area contributed by atoms with Crippen LogP contribution in [-0.4, -0.2) is 24.3 Å². The summed E-state index contributed by atoms with van der Waals surface area (Å²) in [5, 5.41) is 9.17. The molecule has 5 rings (SSSR count). The van der Waals surface area contributed by atoms with Crippen LogP contribution in [0, 0.1) is 12.8 Å². The van der Waals surface area contributed by atoms with E-state index in [1.807, 2.05) is 30.3 Å². The third-order valence-electron chi connectivity index (χ3n) is 5.95. The van der Waals surface area contributed by atoms with Gasteiger partial charge in [-0.1, -0.05) is 36.4 Å². The first-order chi connectivity index (χ1) is 14.5. The average molecular weight is 402 g/mol. The van der Waals surface area contributed by atoms with E-state index in [2.05, 4.69) is 37.3 Å². The summed E-state index contributed by atoms with van der Waals surface area (Å²) in [6.45, 7) is 2.53. The Morgan fingerprint density at radius 3 is 2.50 bits per heavy atom. The van der Waals surface area contributed by atoms with E-state index < -0.39 is 11.9 Å². The van der Waals surface area contributed by atoms with Crippen LogP contribution in [0.2, 0.25) is 0 Å². The molecule has 152 valence electrons. The van der Waals surface area contributed by atoms with Crippen LogP contribution in [0.25, 0.3) is 11.1 Å². The van der Waals surface area contributed by atoms with Gasteiger partial charge >= 0.3 is 5.97 Å². The maximum Gasteiger partial charge on any atom is 0.311 e. The lowest BCUT2D eigenvalue weighted by Gasteiger charge is -2.11. The summed E-state index contributed by atoms with van der Waals surface area (Å²) >= 11 is 0. The predicted molar refractivity (Wildman–Crippen MR) is 112 cm³/mol. The smallest absolute Gasteiger partial charge is 0.311 e. The lowest BCUT2D eigenvalue weighted by atomic mass is 9.99. The molecule has 0 aromatic heterocycles. The topological polar surface area (TPSA) is 65.0 Å². The first kappa shape index (κ1) is 18.6. The Bertz CT molecular complexity index is 1120. The Balaban J connectivity index is 1.24. The number of carboxylic acids is 1. The van der Waals surface area contributed by atoms with Crippen molar-refractivity contribution in [1.82, 2.24) is 0 Å². The standard InChI is InChI=1S/C25H22O5/c1-14-11-17(28-2)7-9-19(14)16-5-3-15(4-6-16)13-29-18-8-10-20-21(12-18)30-24-22(20)23(24)25(26)27/h3-12,22-24H,13H2,1-2H3,(H,26,27)/t22-,23?,24-/m1/s1. The Hall–Kier alpha value is -3.47. The molecule has 1 saturated carbocycles. The number of hydrogen-bond acceptors (Lipinski definition) is 4. The van der Waals surface area contributed by atoms with Gasteiger partial charge in [-0.05, 0) is 47.4 Å². The maximum atomic E-state index is 11.2. The SMILES string of the molecule is COc1ccc(-c2ccc(COc3ccc4c(c3)O[C@H]3C(C(=O)O)[C@@H]43)cc2)c(C)c1. The van der Waals surface area contributed by atoms with Crippen molar-refractivity contribution in [2.45, 2.75) is 25.6 Å². The third kappa shape index (κ3) is 3.16. The van der Waals surface area contributed by atoms with Crippen molar-refractivity contribution >= 4 is 5.97 Å². The van der Waals surface area contributed by atoms with Crippen LogP contribution in [0.3, 0.4) is 0 Å². The summed E-state index contributed by atoms with van der Waals surface area (Å²) in [7, 11) is 1.67. The zero-order valence-electron chi connectivity index (χ0n) is 16.8. The van der Waals surface area contributed by atoms with Gasteiger partial charge in [0.15, 0.2) is 0 Å². The number of carboxylic acid groups (broad SMARTS) is 1. The third-order valence-corrected chi connectivity index (χ3v) is 5.95. The molecule has 1 fully saturated rings. The molecule has 2 aliphatic rings. The second-order valence-electron chi connectivity index (χ2n) is 7.84. The Labute approximate surface area is 174 Å². The fourth-order valence-corrected chi connectivity index (χ4v) is 4.26. The van der Waals surface area contributed by atoms with E-state index in [-0.39, 0.29) is 12.0 Å². The number of carbonyl (C=O) groups is 1. The highest BCUT2D eigenvalue weighted by Crippen LogP contribution is 2.58. The average Bonchev–Trinajstić information content (AvgIpc) is 3.35. The molecule has 5 heteroatoms. The van der Waals surface area contributed by atoms with Crippen LogP contribution in [0.15, 0.2) is 60.7 Å². The molecule has 1 aliphatic carbocycles. The minimum Gasteiger partial charge on any atom is -0.497 e. The van der Waals surface area contributed by atoms with Gasteiger partial charge in [-0.2, -0.15) is 0 Å². The number of benzene rings is 3. The second kappa shape index (κ2) is 7.10. The normalized spacial score (nSPS) is 20.7. The lowest BCUT2D eigenvalue weighted by molar-refractivity contribution is -0.139. The van der Waals surface area contributed by atoms with Crippen molar-refractivity contribution in [2.75, 3.05) is 7.11 Å². The van der Waals surface area contributed by atoms with Crippen molar-refractivity contribution in [3.8, 4) is 28.4 Å². The largest absolute Gasteiger partial charge is 0.497 e. The molecule has 0 bridgehead atoms. The Morgan fingerprint density at radius 2 is 1.80 bits per heavy atom. The van der Waals surface area contributed by atoms with Crippen LogP contribution < -0.4 is 14.2 Å². The molecule has 1 N–H and O–H groups in total. The summed E-state index contributed by atoms with van der Waals surface area (Å²) in [5.41, 5.74) is 5.54. The van der Waals surface area contributed by atoms with Gasteiger partial charge in [0.25, 0.3) is 0 Å². The van der Waals surface area contributed by atoms with E-state index >= 15 is 0 Å². The molecule has 0 saturated heterocycles. The van der Waals surface area contributed by atoms with E-state index in [4.69, 9.17) is 14.2 Å². The molecule has 30 heavy (non-hydrogen) atoms. The summed E-state index contributed by atoms with van der Waals surface area (Å²) in [6.07, 6.45) is -0.221. The summed E-state index contributed by atoms with van der Waals surface area (Å²) in [5.74, 6) is 1.11. The quantitative estimate of drug-likeness (QED) is 0.641. The highest BCUT2D eigenvalue weighted by molar-refractivity contribution is 5.79. The van der Waals surface area contributed by atoms with E-state index in [1.54, 1.807) is 7.11 Å². The molecular formula is C25H22O5. The van der Waals surface area contributed by atoms with Gasteiger partial charge in [-0.15, -0.1) is 0 Å². The van der Waals surface area contributed by atoms with Gasteiger partial charge < -0.3 is 19.3 Å². The van der Waals surface area contributed by atoms with Gasteiger partial charge in [-0.25, -0.2) is 0 Å². The molecule has 3 aromatic rings. The Morgan fingerprint density at radius 1 is 1.03 bits per heavy atom. The fourth-order valence-electron chi connectivity index (χ4n) is 4.26. The van der Waals surface area contributed by atoms with E-state index in [9.17, 15) is 9.90 Å². The second-order valence-corrected chi connectivity index (χ2v) is 7.84. The van der Waals surface area contributed by atoms with Crippen LogP contribution in [0.4, 0.5) is 0 Å². The zero-order valence-corrected chi connectivity index (χ0v) is 16.8. The highest BCUT2D eigenvalue weighted by Gasteiger charge is 2.63. The minimum absolute atomic E-state index is 0.0134. The van der Waals surface area contributed by atoms with Gasteiger partial charge in [0, 0.05) is 17.5 Å². The number of ether oxygens (including phenoxy) is 3. The fraction of sp³-hybridized carbons (Fsp3) is 0.240. The first-order valence-corrected chi connectivity index (χ1v) is 9.95. The molecule has 1 aliphatic heterocycles. The molecule has 0 spiro atoms. The van der Waals surface area contributed by atoms with Crippen molar-refractivity contribution < 1.29 is 24.1 Å². The lowest BCUT2D eigenvalue weighted by Crippen LogP contribution is -2.08. The molecule has 0 radical (unpaired) electrons. The van der Waals surface area contributed by atoms with E-state index in [1.165, 1.54) is 11.1 Å². The van der Waals surface area contributed by atoms with E-state index in [0.717, 1.165) is 33.9 Å². The first-order valence-electron chi connectivity index (χ1n) is 9.95. The molecular weight excluding hydrogens is 380 g/mol. The number of rotatable bonds is 6. The van der Waals surface area contributed by atoms with Gasteiger partial charge in [0.05, 0.1) is 7.11 Å². The van der Waals surface area contributed by atoms with E-state index in [0.29, 0.717) is 6.61 Å². The highest BCUT2D eigenvalue weighted by atomic mass is 16.5. The summed E-state index contributed by atoms with van der Waals surface area (Å²) in [4.78, 5) is 11.2. The molecule has 0 amide bonds. The summed E-state index contributed by atoms with van der Waals surface area (Å²) in [6, 6.07) is 20.1. The molecule has 5 nitrogen and oxygen atoms in total. The monoisotopic (exact) mass is 402 g/mol. The van der Waals surface area contributed by atoms with Crippen LogP contribution in [-0.2, 0) is 11.4 Å². The Kier molecular flexibility index (Phi) is 4.39. The number of aryl methyl sites for hydroxylation is 1. The molecule has 3 aromatic carbocycles. The zero-order chi connectivity index (χ0) is 20.8. The van der Waals surface area contributed by atoms with Gasteiger partial charge in [0.2, 0.25) is 0 Å². The van der Waals surface area contributed by atoms with Gasteiger partial charge in [0.1, 0.15) is 35.9 Å². The number of aliphatic carboxylic acids is 1. The number of methoxy groups -OCH3 is 1. The van der Waals surface area contributed by atoms with Crippen molar-refractivity contribution in [3.05, 3.63) is 77.4 Å². The summed E-state index contributed by atoms with van der Waals surface area (Å²) < 4.78 is 17.0. The van der Waals surface area contributed by atoms with Crippen molar-refractivity contribution in [2.24, 2.45) is 5.92 Å². The van der Waals surface area contributed by atoms with Crippen molar-refractivity contribution in [1.29, 1.82) is 0 Å². The molecule has 3 atom stereocenters. The number of fused-ring (bicyclic) bond motifs is 3.